The number of anilines is 1. The second-order valence-electron chi connectivity index (χ2n) is 6.40. The summed E-state index contributed by atoms with van der Waals surface area (Å²) in [5, 5.41) is 0. The molecule has 2 heterocycles. The molecular weight excluding hydrogens is 266 g/mol. The average molecular weight is 291 g/mol. The van der Waals surface area contributed by atoms with Crippen LogP contribution in [0, 0.1) is 5.92 Å². The molecule has 21 heavy (non-hydrogen) atoms. The molecule has 0 amide bonds. The minimum absolute atomic E-state index is 0.0920. The zero-order chi connectivity index (χ0) is 14.7. The van der Waals surface area contributed by atoms with Gasteiger partial charge in [-0.1, -0.05) is 19.8 Å². The first-order chi connectivity index (χ1) is 10.2. The summed E-state index contributed by atoms with van der Waals surface area (Å²) in [4.78, 5) is 8.53. The maximum absolute atomic E-state index is 6.09. The Labute approximate surface area is 126 Å². The zero-order valence-electron chi connectivity index (χ0n) is 12.8. The van der Waals surface area contributed by atoms with Gasteiger partial charge in [-0.2, -0.15) is 4.98 Å². The first-order valence-electron chi connectivity index (χ1n) is 8.09. The highest BCUT2D eigenvalue weighted by atomic mass is 16.5. The molecule has 1 aromatic heterocycles. The van der Waals surface area contributed by atoms with E-state index in [2.05, 4.69) is 16.9 Å². The third kappa shape index (κ3) is 3.64. The van der Waals surface area contributed by atoms with Gasteiger partial charge in [-0.3, -0.25) is 0 Å². The lowest BCUT2D eigenvalue weighted by Crippen LogP contribution is -2.29. The standard InChI is InChI=1S/C16H25N3O2/c1-11-4-6-12(7-5-11)14-9-18-16(17)19-15(14)21-13-3-2-8-20-10-13/h9,11-13H,2-8,10H2,1H3,(H2,17,18,19)/t11-,12-,13?. The molecule has 0 aromatic carbocycles. The summed E-state index contributed by atoms with van der Waals surface area (Å²) >= 11 is 0. The van der Waals surface area contributed by atoms with E-state index in [0.717, 1.165) is 30.9 Å². The van der Waals surface area contributed by atoms with E-state index in [1.165, 1.54) is 25.7 Å². The number of ether oxygens (including phenoxy) is 2. The van der Waals surface area contributed by atoms with Crippen LogP contribution >= 0.6 is 0 Å². The maximum atomic E-state index is 6.09. The molecule has 2 fully saturated rings. The second-order valence-corrected chi connectivity index (χ2v) is 6.40. The van der Waals surface area contributed by atoms with E-state index in [1.807, 2.05) is 6.20 Å². The van der Waals surface area contributed by atoms with Gasteiger partial charge in [0, 0.05) is 18.4 Å². The molecular formula is C16H25N3O2. The van der Waals surface area contributed by atoms with Crippen molar-refractivity contribution in [2.75, 3.05) is 18.9 Å². The van der Waals surface area contributed by atoms with Crippen molar-refractivity contribution in [1.29, 1.82) is 0 Å². The van der Waals surface area contributed by atoms with Gasteiger partial charge in [-0.15, -0.1) is 0 Å². The monoisotopic (exact) mass is 291 g/mol. The Morgan fingerprint density at radius 3 is 2.76 bits per heavy atom. The number of nitrogen functional groups attached to an aromatic ring is 1. The SMILES string of the molecule is C[C@H]1CC[C@H](c2cnc(N)nc2OC2CCCOC2)CC1. The molecule has 116 valence electrons. The first kappa shape index (κ1) is 14.6. The summed E-state index contributed by atoms with van der Waals surface area (Å²) in [5.74, 6) is 2.29. The van der Waals surface area contributed by atoms with Crippen molar-refractivity contribution in [3.8, 4) is 5.88 Å². The second kappa shape index (κ2) is 6.60. The molecule has 1 atom stereocenters. The normalized spacial score (nSPS) is 30.0. The van der Waals surface area contributed by atoms with E-state index in [1.54, 1.807) is 0 Å². The van der Waals surface area contributed by atoms with Gasteiger partial charge >= 0.3 is 0 Å². The lowest BCUT2D eigenvalue weighted by Gasteiger charge is -2.29. The predicted octanol–water partition coefficient (Wildman–Crippen LogP) is 2.91. The highest BCUT2D eigenvalue weighted by molar-refractivity contribution is 5.33. The van der Waals surface area contributed by atoms with E-state index < -0.39 is 0 Å². The van der Waals surface area contributed by atoms with Crippen molar-refractivity contribution < 1.29 is 9.47 Å². The number of nitrogens with two attached hydrogens (primary N) is 1. The van der Waals surface area contributed by atoms with E-state index in [0.29, 0.717) is 18.4 Å². The molecule has 1 saturated carbocycles. The van der Waals surface area contributed by atoms with Gasteiger partial charge in [0.2, 0.25) is 11.8 Å². The molecule has 2 aliphatic rings. The Bertz CT molecular complexity index is 467. The quantitative estimate of drug-likeness (QED) is 0.927. The van der Waals surface area contributed by atoms with Crippen LogP contribution in [-0.2, 0) is 4.74 Å². The Hall–Kier alpha value is -1.36. The van der Waals surface area contributed by atoms with Crippen molar-refractivity contribution >= 4 is 5.95 Å². The Morgan fingerprint density at radius 1 is 1.24 bits per heavy atom. The van der Waals surface area contributed by atoms with Crippen LogP contribution in [0.4, 0.5) is 5.95 Å². The average Bonchev–Trinajstić information content (AvgIpc) is 2.50. The predicted molar refractivity (Wildman–Crippen MR) is 81.3 cm³/mol. The van der Waals surface area contributed by atoms with Gasteiger partial charge in [0.05, 0.1) is 6.61 Å². The molecule has 0 radical (unpaired) electrons. The number of nitrogens with zero attached hydrogens (tertiary/aromatic N) is 2. The third-order valence-electron chi connectivity index (χ3n) is 4.65. The lowest BCUT2D eigenvalue weighted by molar-refractivity contribution is 0.00481. The van der Waals surface area contributed by atoms with Crippen LogP contribution in [0.25, 0.3) is 0 Å². The van der Waals surface area contributed by atoms with Gasteiger partial charge in [0.15, 0.2) is 0 Å². The fourth-order valence-corrected chi connectivity index (χ4v) is 3.30. The van der Waals surface area contributed by atoms with Crippen LogP contribution in [-0.4, -0.2) is 29.3 Å². The molecule has 2 N–H and O–H groups in total. The minimum atomic E-state index is 0.0920. The smallest absolute Gasteiger partial charge is 0.223 e. The van der Waals surface area contributed by atoms with Crippen molar-refractivity contribution in [2.45, 2.75) is 57.5 Å². The van der Waals surface area contributed by atoms with Crippen molar-refractivity contribution in [2.24, 2.45) is 5.92 Å². The van der Waals surface area contributed by atoms with Crippen LogP contribution in [0.3, 0.4) is 0 Å². The van der Waals surface area contributed by atoms with Crippen molar-refractivity contribution in [3.05, 3.63) is 11.8 Å². The van der Waals surface area contributed by atoms with Crippen LogP contribution in [0.15, 0.2) is 6.20 Å². The van der Waals surface area contributed by atoms with Gasteiger partial charge in [0.25, 0.3) is 0 Å². The molecule has 3 rings (SSSR count). The first-order valence-corrected chi connectivity index (χ1v) is 8.09. The van der Waals surface area contributed by atoms with Crippen molar-refractivity contribution in [1.82, 2.24) is 9.97 Å². The largest absolute Gasteiger partial charge is 0.472 e. The summed E-state index contributed by atoms with van der Waals surface area (Å²) in [7, 11) is 0. The third-order valence-corrected chi connectivity index (χ3v) is 4.65. The maximum Gasteiger partial charge on any atom is 0.223 e. The van der Waals surface area contributed by atoms with Crippen molar-refractivity contribution in [3.63, 3.8) is 0 Å². The number of aromatic nitrogens is 2. The molecule has 5 nitrogen and oxygen atoms in total. The summed E-state index contributed by atoms with van der Waals surface area (Å²) in [6.45, 7) is 3.80. The molecule has 0 spiro atoms. The van der Waals surface area contributed by atoms with E-state index in [9.17, 15) is 0 Å². The lowest BCUT2D eigenvalue weighted by atomic mass is 9.80. The fourth-order valence-electron chi connectivity index (χ4n) is 3.30. The van der Waals surface area contributed by atoms with Crippen LogP contribution in [0.1, 0.15) is 56.9 Å². The molecule has 1 aromatic rings. The molecule has 0 bridgehead atoms. The minimum Gasteiger partial charge on any atom is -0.472 e. The molecule has 5 heteroatoms. The Balaban J connectivity index is 1.76. The Morgan fingerprint density at radius 2 is 2.05 bits per heavy atom. The number of hydrogen-bond acceptors (Lipinski definition) is 5. The number of rotatable bonds is 3. The summed E-state index contributed by atoms with van der Waals surface area (Å²) in [5.41, 5.74) is 6.88. The summed E-state index contributed by atoms with van der Waals surface area (Å²) < 4.78 is 11.6. The molecule has 1 saturated heterocycles. The number of hydrogen-bond donors (Lipinski definition) is 1. The zero-order valence-corrected chi connectivity index (χ0v) is 12.8. The van der Waals surface area contributed by atoms with Crippen LogP contribution in [0.2, 0.25) is 0 Å². The van der Waals surface area contributed by atoms with E-state index in [-0.39, 0.29) is 12.1 Å². The highest BCUT2D eigenvalue weighted by Gasteiger charge is 2.25. The highest BCUT2D eigenvalue weighted by Crippen LogP contribution is 2.39. The summed E-state index contributed by atoms with van der Waals surface area (Å²) in [6, 6.07) is 0. The van der Waals surface area contributed by atoms with Gasteiger partial charge in [-0.25, -0.2) is 4.98 Å². The summed E-state index contributed by atoms with van der Waals surface area (Å²) in [6.07, 6.45) is 8.92. The topological polar surface area (TPSA) is 70.3 Å². The van der Waals surface area contributed by atoms with Gasteiger partial charge in [0.1, 0.15) is 6.10 Å². The molecule has 1 aliphatic carbocycles. The van der Waals surface area contributed by atoms with Crippen LogP contribution in [0.5, 0.6) is 5.88 Å². The van der Waals surface area contributed by atoms with E-state index >= 15 is 0 Å². The van der Waals surface area contributed by atoms with Crippen LogP contribution < -0.4 is 10.5 Å². The van der Waals surface area contributed by atoms with Gasteiger partial charge < -0.3 is 15.2 Å². The fraction of sp³-hybridized carbons (Fsp3) is 0.750. The molecule has 1 unspecified atom stereocenters. The van der Waals surface area contributed by atoms with Gasteiger partial charge in [-0.05, 0) is 37.5 Å². The Kier molecular flexibility index (Phi) is 4.58. The van der Waals surface area contributed by atoms with E-state index in [4.69, 9.17) is 15.2 Å². The molecule has 1 aliphatic heterocycles.